The number of carbonyl (C=O) groups is 1. The summed E-state index contributed by atoms with van der Waals surface area (Å²) in [6.07, 6.45) is 4.34. The van der Waals surface area contributed by atoms with Crippen molar-refractivity contribution in [3.63, 3.8) is 0 Å². The van der Waals surface area contributed by atoms with Gasteiger partial charge in [0, 0.05) is 12.7 Å². The quantitative estimate of drug-likeness (QED) is 0.419. The molecule has 0 N–H and O–H groups in total. The van der Waals surface area contributed by atoms with E-state index >= 15 is 0 Å². The van der Waals surface area contributed by atoms with Gasteiger partial charge < -0.3 is 9.16 Å². The van der Waals surface area contributed by atoms with E-state index in [9.17, 15) is 4.79 Å². The predicted octanol–water partition coefficient (Wildman–Crippen LogP) is 3.76. The minimum Gasteiger partial charge on any atom is -0.466 e. The molecule has 0 amide bonds. The highest BCUT2D eigenvalue weighted by atomic mass is 28.4. The summed E-state index contributed by atoms with van der Waals surface area (Å²) in [5.41, 5.74) is 0. The summed E-state index contributed by atoms with van der Waals surface area (Å²) in [7, 11) is -0.310. The molecule has 0 saturated heterocycles. The number of ether oxygens (including phenoxy) is 1. The van der Waals surface area contributed by atoms with Crippen molar-refractivity contribution in [2.75, 3.05) is 13.7 Å². The minimum absolute atomic E-state index is 0.220. The van der Waals surface area contributed by atoms with Gasteiger partial charge in [-0.2, -0.15) is 0 Å². The summed E-state index contributed by atoms with van der Waals surface area (Å²) in [5, 5.41) is 0.220. The van der Waals surface area contributed by atoms with Crippen LogP contribution in [-0.2, 0) is 14.0 Å². The third-order valence-electron chi connectivity index (χ3n) is 3.69. The summed E-state index contributed by atoms with van der Waals surface area (Å²) in [5.74, 6) is -0.0287. The van der Waals surface area contributed by atoms with Crippen molar-refractivity contribution in [2.24, 2.45) is 5.92 Å². The summed E-state index contributed by atoms with van der Waals surface area (Å²) in [6, 6.07) is 0. The first-order valence-corrected chi connectivity index (χ1v) is 9.45. The number of hydrogen-bond donors (Lipinski definition) is 0. The molecule has 0 aromatic heterocycles. The average Bonchev–Trinajstić information content (AvgIpc) is 2.27. The highest BCUT2D eigenvalue weighted by Crippen LogP contribution is 2.36. The van der Waals surface area contributed by atoms with E-state index in [4.69, 9.17) is 4.43 Å². The Labute approximate surface area is 113 Å². The van der Waals surface area contributed by atoms with Crippen LogP contribution < -0.4 is 0 Å². The van der Waals surface area contributed by atoms with Gasteiger partial charge in [0.15, 0.2) is 8.32 Å². The van der Waals surface area contributed by atoms with E-state index in [2.05, 4.69) is 45.5 Å². The van der Waals surface area contributed by atoms with Crippen LogP contribution in [0.5, 0.6) is 0 Å². The van der Waals surface area contributed by atoms with E-state index in [0.717, 1.165) is 6.42 Å². The highest BCUT2D eigenvalue weighted by Gasteiger charge is 2.37. The van der Waals surface area contributed by atoms with Crippen molar-refractivity contribution in [2.45, 2.75) is 52.2 Å². The Morgan fingerprint density at radius 1 is 1.33 bits per heavy atom. The van der Waals surface area contributed by atoms with Crippen molar-refractivity contribution in [1.29, 1.82) is 0 Å². The van der Waals surface area contributed by atoms with Crippen LogP contribution in [0.3, 0.4) is 0 Å². The fourth-order valence-corrected chi connectivity index (χ4v) is 2.19. The Hall–Kier alpha value is -0.613. The second-order valence-corrected chi connectivity index (χ2v) is 10.9. The van der Waals surface area contributed by atoms with Crippen molar-refractivity contribution >= 4 is 14.3 Å². The van der Waals surface area contributed by atoms with Gasteiger partial charge in [0.25, 0.3) is 0 Å². The van der Waals surface area contributed by atoms with E-state index in [1.807, 2.05) is 6.08 Å². The Kier molecular flexibility index (Phi) is 6.85. The maximum atomic E-state index is 11.1. The summed E-state index contributed by atoms with van der Waals surface area (Å²) in [4.78, 5) is 11.1. The van der Waals surface area contributed by atoms with Crippen molar-refractivity contribution in [3.05, 3.63) is 12.2 Å². The molecule has 0 bridgehead atoms. The lowest BCUT2D eigenvalue weighted by Crippen LogP contribution is -2.41. The molecule has 0 aliphatic rings. The first kappa shape index (κ1) is 17.4. The molecule has 0 aliphatic heterocycles. The van der Waals surface area contributed by atoms with Gasteiger partial charge in [0.05, 0.1) is 7.11 Å². The summed E-state index contributed by atoms with van der Waals surface area (Å²) >= 11 is 0. The predicted molar refractivity (Wildman–Crippen MR) is 78.1 cm³/mol. The Bertz CT molecular complexity index is 290. The molecule has 0 heterocycles. The van der Waals surface area contributed by atoms with E-state index in [1.54, 1.807) is 0 Å². The molecule has 0 spiro atoms. The molecule has 0 aliphatic carbocycles. The molecule has 106 valence electrons. The molecule has 3 nitrogen and oxygen atoms in total. The zero-order chi connectivity index (χ0) is 14.4. The van der Waals surface area contributed by atoms with Crippen LogP contribution in [0.2, 0.25) is 18.1 Å². The van der Waals surface area contributed by atoms with Crippen LogP contribution in [0.25, 0.3) is 0 Å². The van der Waals surface area contributed by atoms with Gasteiger partial charge in [-0.05, 0) is 30.5 Å². The fourth-order valence-electron chi connectivity index (χ4n) is 1.12. The van der Waals surface area contributed by atoms with Gasteiger partial charge in [-0.1, -0.05) is 33.8 Å². The first-order valence-electron chi connectivity index (χ1n) is 6.54. The second-order valence-electron chi connectivity index (χ2n) is 6.12. The van der Waals surface area contributed by atoms with E-state index in [0.29, 0.717) is 6.61 Å². The summed E-state index contributed by atoms with van der Waals surface area (Å²) in [6.45, 7) is 13.9. The molecule has 1 atom stereocenters. The van der Waals surface area contributed by atoms with Gasteiger partial charge in [0.2, 0.25) is 0 Å². The topological polar surface area (TPSA) is 35.5 Å². The van der Waals surface area contributed by atoms with E-state index in [1.165, 1.54) is 13.2 Å². The van der Waals surface area contributed by atoms with Crippen LogP contribution in [0.1, 0.15) is 34.1 Å². The third kappa shape index (κ3) is 5.82. The molecule has 0 aromatic carbocycles. The fraction of sp³-hybridized carbons (Fsp3) is 0.786. The maximum absolute atomic E-state index is 11.1. The molecular formula is C14H28O3Si. The molecule has 0 fully saturated rings. The smallest absolute Gasteiger partial charge is 0.330 e. The number of methoxy groups -OCH3 is 1. The van der Waals surface area contributed by atoms with Crippen LogP contribution >= 0.6 is 0 Å². The highest BCUT2D eigenvalue weighted by molar-refractivity contribution is 6.74. The average molecular weight is 272 g/mol. The molecule has 0 rings (SSSR count). The standard InChI is InChI=1S/C14H28O3Si/c1-8-12(9-10-13(15)16-5)11-17-18(6,7)14(2,3)4/h9-10,12H,8,11H2,1-7H3/b10-9+/t12-/m0/s1. The van der Waals surface area contributed by atoms with Gasteiger partial charge in [0.1, 0.15) is 0 Å². The summed E-state index contributed by atoms with van der Waals surface area (Å²) < 4.78 is 10.7. The van der Waals surface area contributed by atoms with E-state index < -0.39 is 8.32 Å². The second kappa shape index (κ2) is 7.09. The number of hydrogen-bond acceptors (Lipinski definition) is 3. The third-order valence-corrected chi connectivity index (χ3v) is 8.20. The van der Waals surface area contributed by atoms with Gasteiger partial charge in [-0.15, -0.1) is 0 Å². The van der Waals surface area contributed by atoms with Crippen LogP contribution in [-0.4, -0.2) is 28.0 Å². The Balaban J connectivity index is 4.41. The van der Waals surface area contributed by atoms with Gasteiger partial charge in [-0.25, -0.2) is 4.79 Å². The van der Waals surface area contributed by atoms with Crippen molar-refractivity contribution in [3.8, 4) is 0 Å². The number of esters is 1. The Morgan fingerprint density at radius 2 is 1.89 bits per heavy atom. The van der Waals surface area contributed by atoms with Gasteiger partial charge in [-0.3, -0.25) is 0 Å². The van der Waals surface area contributed by atoms with Gasteiger partial charge >= 0.3 is 5.97 Å². The zero-order valence-corrected chi connectivity index (χ0v) is 13.9. The molecule has 0 radical (unpaired) electrons. The molecule has 0 saturated carbocycles. The lowest BCUT2D eigenvalue weighted by atomic mass is 10.1. The van der Waals surface area contributed by atoms with Crippen LogP contribution in [0, 0.1) is 5.92 Å². The van der Waals surface area contributed by atoms with Crippen LogP contribution in [0.4, 0.5) is 0 Å². The lowest BCUT2D eigenvalue weighted by molar-refractivity contribution is -0.134. The van der Waals surface area contributed by atoms with Crippen molar-refractivity contribution in [1.82, 2.24) is 0 Å². The maximum Gasteiger partial charge on any atom is 0.330 e. The number of rotatable bonds is 6. The first-order chi connectivity index (χ1) is 8.14. The number of carbonyl (C=O) groups excluding carboxylic acids is 1. The Morgan fingerprint density at radius 3 is 2.28 bits per heavy atom. The molecule has 0 aromatic rings. The van der Waals surface area contributed by atoms with Crippen molar-refractivity contribution < 1.29 is 14.0 Å². The lowest BCUT2D eigenvalue weighted by Gasteiger charge is -2.37. The zero-order valence-electron chi connectivity index (χ0n) is 12.9. The molecule has 18 heavy (non-hydrogen) atoms. The normalized spacial score (nSPS) is 14.8. The minimum atomic E-state index is -1.70. The molecule has 4 heteroatoms. The molecular weight excluding hydrogens is 244 g/mol. The van der Waals surface area contributed by atoms with Crippen LogP contribution in [0.15, 0.2) is 12.2 Å². The monoisotopic (exact) mass is 272 g/mol. The largest absolute Gasteiger partial charge is 0.466 e. The SMILES string of the molecule is CC[C@@H](/C=C/C(=O)OC)CO[Si](C)(C)C(C)(C)C. The van der Waals surface area contributed by atoms with E-state index in [-0.39, 0.29) is 16.9 Å². The molecule has 0 unspecified atom stereocenters.